The van der Waals surface area contributed by atoms with E-state index in [-0.39, 0.29) is 5.91 Å². The molecule has 2 aliphatic rings. The van der Waals surface area contributed by atoms with Crippen LogP contribution in [0, 0.1) is 6.92 Å². The number of carbonyl (C=O) groups is 1. The predicted molar refractivity (Wildman–Crippen MR) is 87.8 cm³/mol. The SMILES string of the molecule is C=CCN1CCCC12CCN(C(=O)c1ccc(C)nc1)CC2. The minimum Gasteiger partial charge on any atom is -0.338 e. The molecule has 22 heavy (non-hydrogen) atoms. The van der Waals surface area contributed by atoms with E-state index in [0.717, 1.165) is 38.2 Å². The van der Waals surface area contributed by atoms with Crippen molar-refractivity contribution in [2.24, 2.45) is 0 Å². The minimum absolute atomic E-state index is 0.121. The zero-order valence-corrected chi connectivity index (χ0v) is 13.4. The van der Waals surface area contributed by atoms with Crippen LogP contribution >= 0.6 is 0 Å². The van der Waals surface area contributed by atoms with E-state index >= 15 is 0 Å². The first kappa shape index (κ1) is 15.2. The number of amides is 1. The summed E-state index contributed by atoms with van der Waals surface area (Å²) in [6.07, 6.45) is 8.38. The molecule has 0 aromatic carbocycles. The van der Waals surface area contributed by atoms with E-state index in [4.69, 9.17) is 0 Å². The Morgan fingerprint density at radius 2 is 2.09 bits per heavy atom. The van der Waals surface area contributed by atoms with E-state index in [1.165, 1.54) is 19.4 Å². The number of likely N-dealkylation sites (tertiary alicyclic amines) is 2. The first-order valence-corrected chi connectivity index (χ1v) is 8.22. The maximum absolute atomic E-state index is 12.6. The Morgan fingerprint density at radius 3 is 2.73 bits per heavy atom. The van der Waals surface area contributed by atoms with Crippen molar-refractivity contribution in [1.82, 2.24) is 14.8 Å². The highest BCUT2D eigenvalue weighted by Gasteiger charge is 2.43. The van der Waals surface area contributed by atoms with Crippen molar-refractivity contribution in [2.45, 2.75) is 38.1 Å². The average Bonchev–Trinajstić information content (AvgIpc) is 2.91. The van der Waals surface area contributed by atoms with E-state index in [1.807, 2.05) is 30.0 Å². The molecule has 0 atom stereocenters. The molecule has 4 heteroatoms. The Morgan fingerprint density at radius 1 is 1.32 bits per heavy atom. The summed E-state index contributed by atoms with van der Waals surface area (Å²) < 4.78 is 0. The van der Waals surface area contributed by atoms with Crippen molar-refractivity contribution in [2.75, 3.05) is 26.2 Å². The van der Waals surface area contributed by atoms with Gasteiger partial charge in [0.1, 0.15) is 0 Å². The van der Waals surface area contributed by atoms with Crippen LogP contribution < -0.4 is 0 Å². The Kier molecular flexibility index (Phi) is 4.30. The van der Waals surface area contributed by atoms with Crippen molar-refractivity contribution in [1.29, 1.82) is 0 Å². The van der Waals surface area contributed by atoms with Gasteiger partial charge in [0.05, 0.1) is 5.56 Å². The fraction of sp³-hybridized carbons (Fsp3) is 0.556. The topological polar surface area (TPSA) is 36.4 Å². The van der Waals surface area contributed by atoms with Crippen LogP contribution in [0.1, 0.15) is 41.7 Å². The van der Waals surface area contributed by atoms with Gasteiger partial charge in [0.15, 0.2) is 0 Å². The van der Waals surface area contributed by atoms with Gasteiger partial charge in [-0.15, -0.1) is 6.58 Å². The van der Waals surface area contributed by atoms with Crippen molar-refractivity contribution in [3.05, 3.63) is 42.2 Å². The van der Waals surface area contributed by atoms with Crippen LogP contribution in [0.2, 0.25) is 0 Å². The highest BCUT2D eigenvalue weighted by molar-refractivity contribution is 5.94. The standard InChI is InChI=1S/C18H25N3O/c1-3-10-21-11-4-7-18(21)8-12-20(13-9-18)17(22)16-6-5-15(2)19-14-16/h3,5-6,14H,1,4,7-13H2,2H3. The predicted octanol–water partition coefficient (Wildman–Crippen LogP) is 2.65. The zero-order valence-electron chi connectivity index (χ0n) is 13.4. The highest BCUT2D eigenvalue weighted by Crippen LogP contribution is 2.38. The van der Waals surface area contributed by atoms with Gasteiger partial charge < -0.3 is 4.90 Å². The molecule has 0 radical (unpaired) electrons. The van der Waals surface area contributed by atoms with Crippen molar-refractivity contribution < 1.29 is 4.79 Å². The zero-order chi connectivity index (χ0) is 15.6. The lowest BCUT2D eigenvalue weighted by molar-refractivity contribution is 0.0451. The summed E-state index contributed by atoms with van der Waals surface area (Å²) in [4.78, 5) is 21.4. The Balaban J connectivity index is 1.65. The molecule has 1 aromatic heterocycles. The Labute approximate surface area is 132 Å². The van der Waals surface area contributed by atoms with E-state index in [1.54, 1.807) is 6.20 Å². The molecule has 0 bridgehead atoms. The highest BCUT2D eigenvalue weighted by atomic mass is 16.2. The van der Waals surface area contributed by atoms with Crippen molar-refractivity contribution in [3.63, 3.8) is 0 Å². The van der Waals surface area contributed by atoms with Gasteiger partial charge in [0.2, 0.25) is 0 Å². The van der Waals surface area contributed by atoms with E-state index in [2.05, 4.69) is 16.5 Å². The van der Waals surface area contributed by atoms with Crippen LogP contribution in [0.5, 0.6) is 0 Å². The van der Waals surface area contributed by atoms with Crippen LogP contribution in [0.15, 0.2) is 31.0 Å². The lowest BCUT2D eigenvalue weighted by Gasteiger charge is -2.44. The molecule has 2 saturated heterocycles. The van der Waals surface area contributed by atoms with Crippen molar-refractivity contribution in [3.8, 4) is 0 Å². The summed E-state index contributed by atoms with van der Waals surface area (Å²) >= 11 is 0. The molecule has 2 fully saturated rings. The minimum atomic E-state index is 0.121. The quantitative estimate of drug-likeness (QED) is 0.805. The molecule has 3 rings (SSSR count). The lowest BCUT2D eigenvalue weighted by Crippen LogP contribution is -2.53. The Hall–Kier alpha value is -1.68. The van der Waals surface area contributed by atoms with Crippen LogP contribution in [0.4, 0.5) is 0 Å². The van der Waals surface area contributed by atoms with Crippen LogP contribution in [-0.4, -0.2) is 52.4 Å². The summed E-state index contributed by atoms with van der Waals surface area (Å²) in [7, 11) is 0. The maximum atomic E-state index is 12.6. The van der Waals surface area contributed by atoms with Gasteiger partial charge in [-0.1, -0.05) is 6.08 Å². The third-order valence-electron chi connectivity index (χ3n) is 5.23. The molecule has 0 aliphatic carbocycles. The first-order valence-electron chi connectivity index (χ1n) is 8.22. The van der Waals surface area contributed by atoms with Gasteiger partial charge in [0.25, 0.3) is 5.91 Å². The molecule has 1 aromatic rings. The van der Waals surface area contributed by atoms with Gasteiger partial charge in [-0.2, -0.15) is 0 Å². The fourth-order valence-electron chi connectivity index (χ4n) is 3.90. The normalized spacial score (nSPS) is 21.2. The second kappa shape index (κ2) is 6.21. The van der Waals surface area contributed by atoms with Gasteiger partial charge in [0, 0.05) is 37.1 Å². The van der Waals surface area contributed by atoms with Crippen LogP contribution in [-0.2, 0) is 0 Å². The molecule has 0 unspecified atom stereocenters. The summed E-state index contributed by atoms with van der Waals surface area (Å²) in [6.45, 7) is 9.65. The van der Waals surface area contributed by atoms with Crippen molar-refractivity contribution >= 4 is 5.91 Å². The summed E-state index contributed by atoms with van der Waals surface area (Å²) in [5, 5.41) is 0. The molecule has 4 nitrogen and oxygen atoms in total. The molecular formula is C18H25N3O. The van der Waals surface area contributed by atoms with Gasteiger partial charge >= 0.3 is 0 Å². The third-order valence-corrected chi connectivity index (χ3v) is 5.23. The molecule has 0 saturated carbocycles. The third kappa shape index (κ3) is 2.80. The number of aromatic nitrogens is 1. The molecule has 2 aliphatic heterocycles. The Bertz CT molecular complexity index is 544. The first-order chi connectivity index (χ1) is 10.6. The summed E-state index contributed by atoms with van der Waals surface area (Å²) in [6, 6.07) is 3.79. The number of rotatable bonds is 3. The van der Waals surface area contributed by atoms with Gasteiger partial charge in [-0.3, -0.25) is 14.7 Å². The molecule has 3 heterocycles. The number of piperidine rings is 1. The van der Waals surface area contributed by atoms with E-state index in [9.17, 15) is 4.79 Å². The summed E-state index contributed by atoms with van der Waals surface area (Å²) in [5.41, 5.74) is 1.95. The second-order valence-corrected chi connectivity index (χ2v) is 6.54. The van der Waals surface area contributed by atoms with Crippen LogP contribution in [0.25, 0.3) is 0 Å². The number of hydrogen-bond acceptors (Lipinski definition) is 3. The average molecular weight is 299 g/mol. The second-order valence-electron chi connectivity index (χ2n) is 6.54. The smallest absolute Gasteiger partial charge is 0.255 e. The largest absolute Gasteiger partial charge is 0.338 e. The lowest BCUT2D eigenvalue weighted by atomic mass is 9.84. The van der Waals surface area contributed by atoms with E-state index < -0.39 is 0 Å². The fourth-order valence-corrected chi connectivity index (χ4v) is 3.90. The molecule has 118 valence electrons. The van der Waals surface area contributed by atoms with Gasteiger partial charge in [-0.05, 0) is 51.3 Å². The van der Waals surface area contributed by atoms with Gasteiger partial charge in [-0.25, -0.2) is 0 Å². The number of carbonyl (C=O) groups excluding carboxylic acids is 1. The monoisotopic (exact) mass is 299 g/mol. The number of pyridine rings is 1. The molecule has 0 N–H and O–H groups in total. The number of aryl methyl sites for hydroxylation is 1. The number of nitrogens with zero attached hydrogens (tertiary/aromatic N) is 3. The van der Waals surface area contributed by atoms with E-state index in [0.29, 0.717) is 11.1 Å². The summed E-state index contributed by atoms with van der Waals surface area (Å²) in [5.74, 6) is 0.121. The molecule has 1 amide bonds. The molecular weight excluding hydrogens is 274 g/mol. The van der Waals surface area contributed by atoms with Crippen LogP contribution in [0.3, 0.4) is 0 Å². The molecule has 1 spiro atoms. The maximum Gasteiger partial charge on any atom is 0.255 e. The number of hydrogen-bond donors (Lipinski definition) is 0.